The molecular weight excluding hydrogens is 645 g/mol. The summed E-state index contributed by atoms with van der Waals surface area (Å²) < 4.78 is 17.2. The number of hydrogen-bond acceptors (Lipinski definition) is 5. The minimum Gasteiger partial charge on any atom is -0.462 e. The standard InChI is InChI=1S/C47H82O5/c1-4-7-10-13-16-19-21-23-25-27-30-33-36-39-42-50-43-45(52-47(49)41-38-35-32-28-18-15-12-9-6-3)44-51-46(48)40-37-34-31-29-26-24-22-20-17-14-11-8-5-2/h7,10-11,14,16,19-20,22-23,25,45H,4-6,8-9,12-13,15,17-18,21,24,26-44H2,1-3H3/b10-7-,14-11-,19-16-,22-20-,25-23-. The molecule has 52 heavy (non-hydrogen) atoms. The van der Waals surface area contributed by atoms with E-state index in [2.05, 4.69) is 81.5 Å². The van der Waals surface area contributed by atoms with Crippen LogP contribution in [0.15, 0.2) is 60.8 Å². The second kappa shape index (κ2) is 43.0. The van der Waals surface area contributed by atoms with Gasteiger partial charge >= 0.3 is 11.9 Å². The minimum atomic E-state index is -0.549. The van der Waals surface area contributed by atoms with Crippen molar-refractivity contribution in [3.8, 4) is 0 Å². The first-order valence-corrected chi connectivity index (χ1v) is 21.8. The molecule has 0 bridgehead atoms. The monoisotopic (exact) mass is 727 g/mol. The Hall–Kier alpha value is -2.40. The van der Waals surface area contributed by atoms with Crippen LogP contribution in [0.25, 0.3) is 0 Å². The summed E-state index contributed by atoms with van der Waals surface area (Å²) in [5, 5.41) is 0. The lowest BCUT2D eigenvalue weighted by Gasteiger charge is -2.18. The van der Waals surface area contributed by atoms with Crippen LogP contribution in [-0.4, -0.2) is 37.9 Å². The highest BCUT2D eigenvalue weighted by molar-refractivity contribution is 5.70. The molecule has 0 aliphatic heterocycles. The molecule has 5 nitrogen and oxygen atoms in total. The van der Waals surface area contributed by atoms with Gasteiger partial charge in [-0.25, -0.2) is 0 Å². The Balaban J connectivity index is 4.29. The van der Waals surface area contributed by atoms with Gasteiger partial charge in [0.15, 0.2) is 6.10 Å². The smallest absolute Gasteiger partial charge is 0.306 e. The van der Waals surface area contributed by atoms with Gasteiger partial charge in [0.1, 0.15) is 6.61 Å². The Morgan fingerprint density at radius 2 is 0.904 bits per heavy atom. The van der Waals surface area contributed by atoms with Crippen LogP contribution >= 0.6 is 0 Å². The van der Waals surface area contributed by atoms with Crippen molar-refractivity contribution >= 4 is 11.9 Å². The van der Waals surface area contributed by atoms with E-state index in [1.165, 1.54) is 83.5 Å². The van der Waals surface area contributed by atoms with Gasteiger partial charge in [-0.05, 0) is 77.0 Å². The van der Waals surface area contributed by atoms with Crippen LogP contribution in [0.2, 0.25) is 0 Å². The summed E-state index contributed by atoms with van der Waals surface area (Å²) in [5.74, 6) is -0.430. The van der Waals surface area contributed by atoms with E-state index in [1.807, 2.05) is 0 Å². The molecule has 5 heteroatoms. The summed E-state index contributed by atoms with van der Waals surface area (Å²) in [5.41, 5.74) is 0. The number of esters is 2. The van der Waals surface area contributed by atoms with Crippen LogP contribution in [0.4, 0.5) is 0 Å². The number of carbonyl (C=O) groups excluding carboxylic acids is 2. The molecule has 0 heterocycles. The molecule has 0 N–H and O–H groups in total. The maximum absolute atomic E-state index is 12.6. The van der Waals surface area contributed by atoms with Gasteiger partial charge in [0.25, 0.3) is 0 Å². The van der Waals surface area contributed by atoms with Crippen LogP contribution < -0.4 is 0 Å². The van der Waals surface area contributed by atoms with Crippen molar-refractivity contribution in [1.29, 1.82) is 0 Å². The van der Waals surface area contributed by atoms with Gasteiger partial charge in [-0.2, -0.15) is 0 Å². The normalized spacial score (nSPS) is 12.8. The molecule has 300 valence electrons. The zero-order chi connectivity index (χ0) is 37.8. The Bertz CT molecular complexity index is 915. The predicted molar refractivity (Wildman–Crippen MR) is 224 cm³/mol. The predicted octanol–water partition coefficient (Wildman–Crippen LogP) is 14.2. The van der Waals surface area contributed by atoms with Crippen molar-refractivity contribution in [3.05, 3.63) is 60.8 Å². The fraction of sp³-hybridized carbons (Fsp3) is 0.745. The molecule has 0 aliphatic rings. The third-order valence-corrected chi connectivity index (χ3v) is 9.02. The Kier molecular flexibility index (Phi) is 41.0. The lowest BCUT2D eigenvalue weighted by molar-refractivity contribution is -0.163. The molecule has 0 aromatic heterocycles. The van der Waals surface area contributed by atoms with Crippen LogP contribution in [0.5, 0.6) is 0 Å². The first-order chi connectivity index (χ1) is 25.6. The molecule has 0 saturated carbocycles. The molecular formula is C47H82O5. The van der Waals surface area contributed by atoms with Crippen LogP contribution in [-0.2, 0) is 23.8 Å². The molecule has 1 unspecified atom stereocenters. The Labute approximate surface area is 322 Å². The molecule has 0 fully saturated rings. The van der Waals surface area contributed by atoms with E-state index in [1.54, 1.807) is 0 Å². The van der Waals surface area contributed by atoms with Crippen molar-refractivity contribution in [2.24, 2.45) is 0 Å². The second-order valence-electron chi connectivity index (χ2n) is 14.2. The Morgan fingerprint density at radius 1 is 0.442 bits per heavy atom. The van der Waals surface area contributed by atoms with Gasteiger partial charge in [-0.1, -0.05) is 171 Å². The number of allylic oxidation sites excluding steroid dienone is 10. The Morgan fingerprint density at radius 3 is 1.46 bits per heavy atom. The largest absolute Gasteiger partial charge is 0.462 e. The van der Waals surface area contributed by atoms with Crippen LogP contribution in [0, 0.1) is 0 Å². The summed E-state index contributed by atoms with van der Waals surface area (Å²) >= 11 is 0. The van der Waals surface area contributed by atoms with Crippen molar-refractivity contribution < 1.29 is 23.8 Å². The third kappa shape index (κ3) is 40.4. The second-order valence-corrected chi connectivity index (χ2v) is 14.2. The van der Waals surface area contributed by atoms with E-state index in [0.717, 1.165) is 83.5 Å². The highest BCUT2D eigenvalue weighted by Gasteiger charge is 2.17. The van der Waals surface area contributed by atoms with E-state index in [0.29, 0.717) is 19.4 Å². The van der Waals surface area contributed by atoms with E-state index in [-0.39, 0.29) is 25.2 Å². The number of unbranched alkanes of at least 4 members (excludes halogenated alkanes) is 18. The first kappa shape index (κ1) is 49.6. The van der Waals surface area contributed by atoms with Gasteiger partial charge in [0.05, 0.1) is 6.61 Å². The lowest BCUT2D eigenvalue weighted by Crippen LogP contribution is -2.30. The van der Waals surface area contributed by atoms with E-state index < -0.39 is 6.10 Å². The van der Waals surface area contributed by atoms with Crippen LogP contribution in [0.3, 0.4) is 0 Å². The topological polar surface area (TPSA) is 61.8 Å². The lowest BCUT2D eigenvalue weighted by atomic mass is 10.1. The fourth-order valence-corrected chi connectivity index (χ4v) is 5.80. The first-order valence-electron chi connectivity index (χ1n) is 21.8. The number of hydrogen-bond donors (Lipinski definition) is 0. The molecule has 0 aromatic rings. The minimum absolute atomic E-state index is 0.0687. The van der Waals surface area contributed by atoms with Crippen molar-refractivity contribution in [2.45, 2.75) is 207 Å². The maximum atomic E-state index is 12.6. The SMILES string of the molecule is CC/C=C\C/C=C\C/C=C\CCCCCCOCC(COC(=O)CCCCCCC/C=C\C/C=C\CCC)OC(=O)CCCCCCCCCCC. The van der Waals surface area contributed by atoms with E-state index >= 15 is 0 Å². The average Bonchev–Trinajstić information content (AvgIpc) is 3.14. The van der Waals surface area contributed by atoms with Crippen LogP contribution in [0.1, 0.15) is 201 Å². The van der Waals surface area contributed by atoms with Crippen molar-refractivity contribution in [2.75, 3.05) is 19.8 Å². The number of rotatable bonds is 39. The summed E-state index contributed by atoms with van der Waals surface area (Å²) in [6, 6.07) is 0. The molecule has 0 radical (unpaired) electrons. The quantitative estimate of drug-likeness (QED) is 0.0358. The van der Waals surface area contributed by atoms with Gasteiger partial charge in [-0.15, -0.1) is 0 Å². The number of ether oxygens (including phenoxy) is 3. The van der Waals surface area contributed by atoms with Gasteiger partial charge in [0, 0.05) is 19.4 Å². The average molecular weight is 727 g/mol. The third-order valence-electron chi connectivity index (χ3n) is 9.02. The molecule has 0 saturated heterocycles. The van der Waals surface area contributed by atoms with E-state index in [9.17, 15) is 9.59 Å². The van der Waals surface area contributed by atoms with Crippen molar-refractivity contribution in [1.82, 2.24) is 0 Å². The molecule has 0 rings (SSSR count). The molecule has 0 amide bonds. The van der Waals surface area contributed by atoms with E-state index in [4.69, 9.17) is 14.2 Å². The number of carbonyl (C=O) groups is 2. The van der Waals surface area contributed by atoms with Gasteiger partial charge in [-0.3, -0.25) is 9.59 Å². The summed E-state index contributed by atoms with van der Waals surface area (Å²) in [6.07, 6.45) is 52.2. The van der Waals surface area contributed by atoms with Gasteiger partial charge < -0.3 is 14.2 Å². The summed E-state index contributed by atoms with van der Waals surface area (Å²) in [6.45, 7) is 7.57. The summed E-state index contributed by atoms with van der Waals surface area (Å²) in [4.78, 5) is 25.1. The van der Waals surface area contributed by atoms with Gasteiger partial charge in [0.2, 0.25) is 0 Å². The molecule has 0 aliphatic carbocycles. The molecule has 0 aromatic carbocycles. The fourth-order valence-electron chi connectivity index (χ4n) is 5.80. The summed E-state index contributed by atoms with van der Waals surface area (Å²) in [7, 11) is 0. The zero-order valence-electron chi connectivity index (χ0n) is 34.3. The van der Waals surface area contributed by atoms with Crippen molar-refractivity contribution in [3.63, 3.8) is 0 Å². The molecule has 0 spiro atoms. The molecule has 1 atom stereocenters. The maximum Gasteiger partial charge on any atom is 0.306 e. The zero-order valence-corrected chi connectivity index (χ0v) is 34.3. The highest BCUT2D eigenvalue weighted by atomic mass is 16.6. The highest BCUT2D eigenvalue weighted by Crippen LogP contribution is 2.13.